The van der Waals surface area contributed by atoms with Crippen LogP contribution in [0, 0.1) is 17.8 Å². The fourth-order valence-electron chi connectivity index (χ4n) is 11.6. The maximum Gasteiger partial charge on any atom is 0.410 e. The first-order chi connectivity index (χ1) is 34.5. The maximum absolute atomic E-state index is 15.3. The summed E-state index contributed by atoms with van der Waals surface area (Å²) >= 11 is 0. The van der Waals surface area contributed by atoms with Crippen molar-refractivity contribution in [2.45, 2.75) is 166 Å². The van der Waals surface area contributed by atoms with Crippen LogP contribution in [0.4, 0.5) is 4.79 Å². The van der Waals surface area contributed by atoms with Gasteiger partial charge in [-0.05, 0) is 96.9 Å². The predicted molar refractivity (Wildman–Crippen MR) is 278 cm³/mol. The van der Waals surface area contributed by atoms with E-state index in [2.05, 4.69) is 56.5 Å². The number of oxime groups is 1. The molecule has 2 N–H and O–H groups in total. The van der Waals surface area contributed by atoms with Gasteiger partial charge in [0.2, 0.25) is 12.1 Å². The van der Waals surface area contributed by atoms with E-state index >= 15 is 4.79 Å². The SMILES string of the molecule is C=CCOc1ccc2c(c1)[C@H]1[C@H](CCCCO)[C@@H](CCCCO)C=C3C(=NOC4CCCCO4)C[C@H](N(Cc4cccc5ccccc45)C(=O)OCCCCCCCCCCCC)[C@@](OCC=C)(O2)[C@H]31. The summed E-state index contributed by atoms with van der Waals surface area (Å²) in [4.78, 5) is 23.6. The van der Waals surface area contributed by atoms with Crippen LogP contribution in [0.25, 0.3) is 10.8 Å². The highest BCUT2D eigenvalue weighted by molar-refractivity contribution is 6.03. The largest absolute Gasteiger partial charge is 0.490 e. The topological polar surface area (TPSA) is 129 Å². The molecule has 382 valence electrons. The molecular weight excluding hydrogens is 881 g/mol. The Bertz CT molecular complexity index is 2160. The third-order valence-corrected chi connectivity index (χ3v) is 15.0. The van der Waals surface area contributed by atoms with Gasteiger partial charge in [-0.25, -0.2) is 4.79 Å². The number of hydrogen-bond donors (Lipinski definition) is 2. The average molecular weight is 963 g/mol. The van der Waals surface area contributed by atoms with E-state index in [-0.39, 0.29) is 50.5 Å². The van der Waals surface area contributed by atoms with Crippen molar-refractivity contribution < 1.29 is 43.5 Å². The molecule has 1 saturated heterocycles. The number of rotatable bonds is 30. The van der Waals surface area contributed by atoms with Crippen molar-refractivity contribution in [3.8, 4) is 11.5 Å². The fraction of sp³-hybridized carbons (Fsp3) is 0.593. The number of carbonyl (C=O) groups is 1. The lowest BCUT2D eigenvalue weighted by molar-refractivity contribution is -0.256. The van der Waals surface area contributed by atoms with E-state index in [9.17, 15) is 10.2 Å². The molecule has 7 atom stereocenters. The van der Waals surface area contributed by atoms with Crippen LogP contribution in [0.3, 0.4) is 0 Å². The summed E-state index contributed by atoms with van der Waals surface area (Å²) in [7, 11) is 0. The first-order valence-electron chi connectivity index (χ1n) is 27.0. The molecule has 2 fully saturated rings. The second-order valence-corrected chi connectivity index (χ2v) is 19.8. The number of nitrogens with zero attached hydrogens (tertiary/aromatic N) is 2. The lowest BCUT2D eigenvalue weighted by Gasteiger charge is -2.60. The third kappa shape index (κ3) is 13.4. The Morgan fingerprint density at radius 3 is 2.34 bits per heavy atom. The highest BCUT2D eigenvalue weighted by atomic mass is 16.8. The molecule has 0 spiro atoms. The van der Waals surface area contributed by atoms with E-state index in [1.165, 1.54) is 44.9 Å². The van der Waals surface area contributed by atoms with Crippen molar-refractivity contribution in [2.24, 2.45) is 22.9 Å². The minimum Gasteiger partial charge on any atom is -0.490 e. The van der Waals surface area contributed by atoms with E-state index in [1.807, 2.05) is 35.2 Å². The molecule has 11 nitrogen and oxygen atoms in total. The molecule has 1 amide bonds. The van der Waals surface area contributed by atoms with Crippen molar-refractivity contribution in [1.82, 2.24) is 4.90 Å². The summed E-state index contributed by atoms with van der Waals surface area (Å²) < 4.78 is 33.5. The second kappa shape index (κ2) is 27.8. The number of amides is 1. The van der Waals surface area contributed by atoms with Crippen molar-refractivity contribution in [2.75, 3.05) is 39.6 Å². The van der Waals surface area contributed by atoms with Crippen molar-refractivity contribution in [3.05, 3.63) is 109 Å². The zero-order valence-electron chi connectivity index (χ0n) is 42.1. The van der Waals surface area contributed by atoms with Crippen molar-refractivity contribution >= 4 is 22.6 Å². The highest BCUT2D eigenvalue weighted by Gasteiger charge is 2.66. The Morgan fingerprint density at radius 1 is 0.857 bits per heavy atom. The first-order valence-corrected chi connectivity index (χ1v) is 27.0. The smallest absolute Gasteiger partial charge is 0.410 e. The summed E-state index contributed by atoms with van der Waals surface area (Å²) in [6.45, 7) is 12.1. The van der Waals surface area contributed by atoms with E-state index in [0.717, 1.165) is 97.4 Å². The summed E-state index contributed by atoms with van der Waals surface area (Å²) in [5, 5.41) is 27.3. The molecule has 2 heterocycles. The molecule has 7 rings (SSSR count). The van der Waals surface area contributed by atoms with Crippen LogP contribution >= 0.6 is 0 Å². The zero-order valence-corrected chi connectivity index (χ0v) is 42.1. The number of allylic oxidation sites excluding steroid dienone is 1. The summed E-state index contributed by atoms with van der Waals surface area (Å²) in [5.41, 5.74) is 3.67. The predicted octanol–water partition coefficient (Wildman–Crippen LogP) is 13.1. The van der Waals surface area contributed by atoms with E-state index in [1.54, 1.807) is 12.2 Å². The Labute approximate surface area is 418 Å². The number of unbranched alkanes of at least 4 members (excludes halogenated alkanes) is 11. The van der Waals surface area contributed by atoms with Crippen LogP contribution < -0.4 is 9.47 Å². The zero-order chi connectivity index (χ0) is 49.0. The van der Waals surface area contributed by atoms with E-state index in [0.29, 0.717) is 44.2 Å². The normalized spacial score (nSPS) is 24.2. The Hall–Kier alpha value is -4.68. The van der Waals surface area contributed by atoms with Gasteiger partial charge in [-0.2, -0.15) is 0 Å². The molecule has 3 aromatic carbocycles. The van der Waals surface area contributed by atoms with Gasteiger partial charge in [0.1, 0.15) is 24.1 Å². The van der Waals surface area contributed by atoms with Gasteiger partial charge in [-0.1, -0.05) is 150 Å². The third-order valence-electron chi connectivity index (χ3n) is 15.0. The first kappa shape index (κ1) is 53.1. The number of aliphatic hydroxyl groups excluding tert-OH is 2. The molecule has 70 heavy (non-hydrogen) atoms. The van der Waals surface area contributed by atoms with E-state index in [4.69, 9.17) is 33.7 Å². The maximum atomic E-state index is 15.3. The molecule has 11 heteroatoms. The molecule has 2 aliphatic carbocycles. The number of carbonyl (C=O) groups excluding carboxylic acids is 1. The number of aliphatic hydroxyl groups is 2. The van der Waals surface area contributed by atoms with Gasteiger partial charge in [0, 0.05) is 37.5 Å². The van der Waals surface area contributed by atoms with Crippen LogP contribution in [0.2, 0.25) is 0 Å². The molecule has 1 saturated carbocycles. The molecular formula is C59H82N2O9. The van der Waals surface area contributed by atoms with Crippen LogP contribution in [-0.2, 0) is 25.6 Å². The van der Waals surface area contributed by atoms with Gasteiger partial charge in [0.05, 0.1) is 38.0 Å². The summed E-state index contributed by atoms with van der Waals surface area (Å²) in [6, 6.07) is 19.8. The summed E-state index contributed by atoms with van der Waals surface area (Å²) in [6.07, 6.45) is 24.4. The minimum absolute atomic E-state index is 0.0698. The Morgan fingerprint density at radius 2 is 1.60 bits per heavy atom. The monoisotopic (exact) mass is 963 g/mol. The van der Waals surface area contributed by atoms with Gasteiger partial charge in [0.15, 0.2) is 0 Å². The quantitative estimate of drug-likeness (QED) is 0.0381. The number of ether oxygens (including phenoxy) is 5. The highest BCUT2D eigenvalue weighted by Crippen LogP contribution is 2.62. The van der Waals surface area contributed by atoms with Crippen LogP contribution in [0.15, 0.2) is 103 Å². The van der Waals surface area contributed by atoms with Gasteiger partial charge < -0.3 is 38.7 Å². The molecule has 0 radical (unpaired) electrons. The Balaban J connectivity index is 1.35. The second-order valence-electron chi connectivity index (χ2n) is 19.8. The molecule has 0 aromatic heterocycles. The van der Waals surface area contributed by atoms with Crippen molar-refractivity contribution in [3.63, 3.8) is 0 Å². The molecule has 2 aliphatic heterocycles. The van der Waals surface area contributed by atoms with Gasteiger partial charge in [-0.3, -0.25) is 4.90 Å². The van der Waals surface area contributed by atoms with Crippen LogP contribution in [0.5, 0.6) is 11.5 Å². The van der Waals surface area contributed by atoms with Crippen LogP contribution in [0.1, 0.15) is 152 Å². The van der Waals surface area contributed by atoms with Gasteiger partial charge >= 0.3 is 6.09 Å². The molecule has 0 bridgehead atoms. The lowest BCUT2D eigenvalue weighted by atomic mass is 9.55. The number of fused-ring (bicyclic) bond motifs is 3. The van der Waals surface area contributed by atoms with E-state index < -0.39 is 30.1 Å². The molecule has 3 aromatic rings. The van der Waals surface area contributed by atoms with Crippen LogP contribution in [-0.4, -0.2) is 84.7 Å². The number of benzene rings is 3. The van der Waals surface area contributed by atoms with Crippen molar-refractivity contribution in [1.29, 1.82) is 0 Å². The summed E-state index contributed by atoms with van der Waals surface area (Å²) in [5.74, 6) is -0.571. The average Bonchev–Trinajstić information content (AvgIpc) is 3.39. The standard InChI is InChI=1S/C59H82N2O9/c1-4-7-8-9-10-11-12-13-14-22-39-67-58(64)61(43-46-28-24-27-44-25-15-16-29-48(44)46)54-42-52(60-70-55-31-19-23-38-66-55)50-40-45(26-17-20-34-62)49(30-18-21-35-63)56-51-41-47(65-36-5-2)32-33-53(51)69-59(54,57(50)56)68-37-6-3/h5-6,15-16,24-25,27-29,32-33,40-41,45,49,54-57,62-63H,2-4,7-14,17-23,26,30-31,34-39,42-43H2,1H3/t45-,49+,54-,55?,56+,57+,59+/m0/s1. The Kier molecular flexibility index (Phi) is 21.1. The van der Waals surface area contributed by atoms with Gasteiger partial charge in [-0.15, -0.1) is 6.58 Å². The number of hydrogen-bond acceptors (Lipinski definition) is 10. The minimum atomic E-state index is -1.44. The molecule has 4 aliphatic rings. The van der Waals surface area contributed by atoms with Gasteiger partial charge in [0.25, 0.3) is 0 Å². The lowest BCUT2D eigenvalue weighted by Crippen LogP contribution is -2.70. The molecule has 1 unspecified atom stereocenters. The fourth-order valence-corrected chi connectivity index (χ4v) is 11.6.